The highest BCUT2D eigenvalue weighted by atomic mass is 19.1. The van der Waals surface area contributed by atoms with Crippen LogP contribution in [0.25, 0.3) is 10.9 Å². The molecule has 0 saturated heterocycles. The number of nitrogens with one attached hydrogen (secondary N) is 1. The third-order valence-corrected chi connectivity index (χ3v) is 7.16. The second-order valence-corrected chi connectivity index (χ2v) is 9.53. The smallest absolute Gasteiger partial charge is 0.411 e. The summed E-state index contributed by atoms with van der Waals surface area (Å²) in [5, 5.41) is 3.70. The fourth-order valence-corrected chi connectivity index (χ4v) is 5.21. The molecule has 5 rings (SSSR count). The van der Waals surface area contributed by atoms with Gasteiger partial charge in [-0.05, 0) is 72.4 Å². The van der Waals surface area contributed by atoms with Gasteiger partial charge >= 0.3 is 6.09 Å². The third kappa shape index (κ3) is 6.12. The minimum absolute atomic E-state index is 0.0658. The molecular formula is C31H32FN3O4. The largest absolute Gasteiger partial charge is 0.493 e. The van der Waals surface area contributed by atoms with Gasteiger partial charge in [-0.25, -0.2) is 9.18 Å². The first kappa shape index (κ1) is 26.4. The second-order valence-electron chi connectivity index (χ2n) is 9.53. The van der Waals surface area contributed by atoms with E-state index < -0.39 is 6.09 Å². The number of benzene rings is 3. The Labute approximate surface area is 227 Å². The molecule has 1 unspecified atom stereocenters. The number of carbonyl (C=O) groups excluding carboxylic acids is 1. The van der Waals surface area contributed by atoms with Gasteiger partial charge < -0.3 is 14.2 Å². The maximum Gasteiger partial charge on any atom is 0.411 e. The van der Waals surface area contributed by atoms with Crippen molar-refractivity contribution in [1.29, 1.82) is 0 Å². The predicted octanol–water partition coefficient (Wildman–Crippen LogP) is 6.17. The normalized spacial score (nSPS) is 15.0. The molecule has 1 N–H and O–H groups in total. The number of hydrogen-bond donors (Lipinski definition) is 1. The summed E-state index contributed by atoms with van der Waals surface area (Å²) in [6.07, 6.45) is 3.44. The molecule has 0 spiro atoms. The van der Waals surface area contributed by atoms with Crippen molar-refractivity contribution in [2.45, 2.75) is 25.3 Å². The first-order chi connectivity index (χ1) is 19.1. The van der Waals surface area contributed by atoms with Crippen LogP contribution in [-0.4, -0.2) is 49.9 Å². The van der Waals surface area contributed by atoms with Crippen LogP contribution in [-0.2, 0) is 17.6 Å². The summed E-state index contributed by atoms with van der Waals surface area (Å²) in [7, 11) is 3.28. The number of hydrogen-bond acceptors (Lipinski definition) is 6. The molecule has 2 heterocycles. The Bertz CT molecular complexity index is 1440. The highest BCUT2D eigenvalue weighted by Crippen LogP contribution is 2.39. The number of anilines is 1. The molecule has 0 bridgehead atoms. The molecule has 0 saturated carbocycles. The summed E-state index contributed by atoms with van der Waals surface area (Å²) in [5.74, 6) is 1.15. The van der Waals surface area contributed by atoms with E-state index in [1.807, 2.05) is 36.4 Å². The molecular weight excluding hydrogens is 497 g/mol. The van der Waals surface area contributed by atoms with Gasteiger partial charge in [0.2, 0.25) is 0 Å². The van der Waals surface area contributed by atoms with Crippen LogP contribution in [0.1, 0.15) is 29.2 Å². The molecule has 1 aromatic heterocycles. The Morgan fingerprint density at radius 3 is 2.62 bits per heavy atom. The molecule has 1 atom stereocenters. The number of fused-ring (bicyclic) bond motifs is 2. The van der Waals surface area contributed by atoms with Crippen LogP contribution in [0.4, 0.5) is 14.9 Å². The quantitative estimate of drug-likeness (QED) is 0.261. The van der Waals surface area contributed by atoms with Crippen LogP contribution in [0, 0.1) is 5.82 Å². The standard InChI is InChI=1S/C31H32FN3O4/c1-37-29-19-22-13-16-35(28(25(22)20-30(29)38-2)18-21-8-10-23(32)11-9-21)15-5-17-39-31(36)34-27-12-14-33-26-7-4-3-6-24(26)27/h3-4,6-12,14,19-20,28H,5,13,15-18H2,1-2H3,(H,33,34,36). The van der Waals surface area contributed by atoms with Gasteiger partial charge in [-0.15, -0.1) is 0 Å². The van der Waals surface area contributed by atoms with E-state index in [2.05, 4.69) is 27.3 Å². The van der Waals surface area contributed by atoms with Crippen molar-refractivity contribution in [3.63, 3.8) is 0 Å². The van der Waals surface area contributed by atoms with Crippen LogP contribution in [0.15, 0.2) is 72.9 Å². The number of rotatable bonds is 9. The molecule has 8 heteroatoms. The Balaban J connectivity index is 1.25. The molecule has 1 aliphatic heterocycles. The van der Waals surface area contributed by atoms with E-state index >= 15 is 0 Å². The van der Waals surface area contributed by atoms with Crippen molar-refractivity contribution in [3.8, 4) is 11.5 Å². The fourth-order valence-electron chi connectivity index (χ4n) is 5.21. The number of ether oxygens (including phenoxy) is 3. The van der Waals surface area contributed by atoms with Crippen molar-refractivity contribution in [3.05, 3.63) is 95.4 Å². The Morgan fingerprint density at radius 1 is 1.05 bits per heavy atom. The molecule has 0 radical (unpaired) electrons. The molecule has 7 nitrogen and oxygen atoms in total. The zero-order chi connectivity index (χ0) is 27.2. The van der Waals surface area contributed by atoms with Crippen molar-refractivity contribution in [1.82, 2.24) is 9.88 Å². The second kappa shape index (κ2) is 12.1. The number of halogens is 1. The minimum atomic E-state index is -0.491. The maximum absolute atomic E-state index is 13.6. The van der Waals surface area contributed by atoms with Gasteiger partial charge in [-0.3, -0.25) is 15.2 Å². The highest BCUT2D eigenvalue weighted by molar-refractivity contribution is 5.98. The Kier molecular flexibility index (Phi) is 8.22. The zero-order valence-corrected chi connectivity index (χ0v) is 22.2. The van der Waals surface area contributed by atoms with E-state index in [9.17, 15) is 9.18 Å². The van der Waals surface area contributed by atoms with E-state index in [0.717, 1.165) is 42.4 Å². The molecule has 0 aliphatic carbocycles. The topological polar surface area (TPSA) is 72.9 Å². The van der Waals surface area contributed by atoms with Gasteiger partial charge in [0.15, 0.2) is 11.5 Å². The number of para-hydroxylation sites is 1. The monoisotopic (exact) mass is 529 g/mol. The summed E-state index contributed by atoms with van der Waals surface area (Å²) in [6, 6.07) is 20.2. The number of aromatic nitrogens is 1. The van der Waals surface area contributed by atoms with Gasteiger partial charge in [0.05, 0.1) is 32.0 Å². The first-order valence-corrected chi connectivity index (χ1v) is 13.1. The minimum Gasteiger partial charge on any atom is -0.493 e. The lowest BCUT2D eigenvalue weighted by molar-refractivity contribution is 0.137. The van der Waals surface area contributed by atoms with Gasteiger partial charge in [0, 0.05) is 30.7 Å². The zero-order valence-electron chi connectivity index (χ0n) is 22.2. The number of methoxy groups -OCH3 is 2. The molecule has 3 aromatic carbocycles. The molecule has 4 aromatic rings. The number of nitrogens with zero attached hydrogens (tertiary/aromatic N) is 2. The fraction of sp³-hybridized carbons (Fsp3) is 0.290. The number of pyridine rings is 1. The molecule has 1 aliphatic rings. The molecule has 202 valence electrons. The molecule has 39 heavy (non-hydrogen) atoms. The van der Waals surface area contributed by atoms with E-state index in [1.54, 1.807) is 26.5 Å². The van der Waals surface area contributed by atoms with E-state index in [4.69, 9.17) is 14.2 Å². The summed E-state index contributed by atoms with van der Waals surface area (Å²) < 4.78 is 30.2. The van der Waals surface area contributed by atoms with Crippen LogP contribution in [0.2, 0.25) is 0 Å². The summed E-state index contributed by atoms with van der Waals surface area (Å²) in [5.41, 5.74) is 4.92. The van der Waals surface area contributed by atoms with E-state index in [0.29, 0.717) is 23.6 Å². The Morgan fingerprint density at radius 2 is 1.82 bits per heavy atom. The van der Waals surface area contributed by atoms with Crippen LogP contribution in [0.3, 0.4) is 0 Å². The van der Waals surface area contributed by atoms with Crippen molar-refractivity contribution in [2.75, 3.05) is 39.2 Å². The summed E-state index contributed by atoms with van der Waals surface area (Å²) >= 11 is 0. The molecule has 0 fully saturated rings. The SMILES string of the molecule is COc1cc2c(cc1OC)C(Cc1ccc(F)cc1)N(CCCOC(=O)Nc1ccnc3ccccc13)CC2. The van der Waals surface area contributed by atoms with Gasteiger partial charge in [0.25, 0.3) is 0 Å². The highest BCUT2D eigenvalue weighted by Gasteiger charge is 2.29. The van der Waals surface area contributed by atoms with Crippen LogP contribution < -0.4 is 14.8 Å². The maximum atomic E-state index is 13.6. The van der Waals surface area contributed by atoms with Crippen LogP contribution in [0.5, 0.6) is 11.5 Å². The summed E-state index contributed by atoms with van der Waals surface area (Å²) in [6.45, 7) is 1.88. The average molecular weight is 530 g/mol. The van der Waals surface area contributed by atoms with Gasteiger partial charge in [-0.1, -0.05) is 30.3 Å². The lowest BCUT2D eigenvalue weighted by atomic mass is 9.88. The predicted molar refractivity (Wildman–Crippen MR) is 149 cm³/mol. The first-order valence-electron chi connectivity index (χ1n) is 13.1. The van der Waals surface area contributed by atoms with Gasteiger partial charge in [0.1, 0.15) is 5.82 Å². The van der Waals surface area contributed by atoms with Crippen molar-refractivity contribution in [2.24, 2.45) is 0 Å². The summed E-state index contributed by atoms with van der Waals surface area (Å²) in [4.78, 5) is 19.2. The van der Waals surface area contributed by atoms with E-state index in [1.165, 1.54) is 23.3 Å². The lowest BCUT2D eigenvalue weighted by Gasteiger charge is -2.38. The lowest BCUT2D eigenvalue weighted by Crippen LogP contribution is -2.38. The van der Waals surface area contributed by atoms with Gasteiger partial charge in [-0.2, -0.15) is 0 Å². The van der Waals surface area contributed by atoms with Crippen LogP contribution >= 0.6 is 0 Å². The molecule has 1 amide bonds. The number of carbonyl (C=O) groups is 1. The van der Waals surface area contributed by atoms with Crippen molar-refractivity contribution >= 4 is 22.7 Å². The van der Waals surface area contributed by atoms with E-state index in [-0.39, 0.29) is 18.5 Å². The Hall–Kier alpha value is -4.17. The van der Waals surface area contributed by atoms with Crippen molar-refractivity contribution < 1.29 is 23.4 Å². The average Bonchev–Trinajstić information content (AvgIpc) is 2.96. The number of amides is 1. The third-order valence-electron chi connectivity index (χ3n) is 7.16.